The average Bonchev–Trinajstić information content (AvgIpc) is 3.31. The summed E-state index contributed by atoms with van der Waals surface area (Å²) in [5, 5.41) is 5.70. The molecule has 2 fully saturated rings. The van der Waals surface area contributed by atoms with Crippen LogP contribution in [0.15, 0.2) is 30.5 Å². The van der Waals surface area contributed by atoms with E-state index < -0.39 is 36.0 Å². The van der Waals surface area contributed by atoms with Gasteiger partial charge in [0.15, 0.2) is 0 Å². The van der Waals surface area contributed by atoms with Crippen LogP contribution >= 0.6 is 0 Å². The lowest BCUT2D eigenvalue weighted by atomic mass is 9.79. The van der Waals surface area contributed by atoms with Gasteiger partial charge in [-0.15, -0.1) is 0 Å². The standard InChI is InChI=1S/C25H35BN4O5/c1-15(2)19(29-22(32)33-7)20(31)30-25(12-13-25)21-27-14-18(28-21)16-8-10-17(11-9-16)26-34-23(3,4)24(5,6)35-26/h8-11,14-15,19H,12-13H2,1-7H3,(H,27,28)(H,29,32)(H,30,31). The van der Waals surface area contributed by atoms with Gasteiger partial charge in [-0.2, -0.15) is 0 Å². The molecule has 4 rings (SSSR count). The lowest BCUT2D eigenvalue weighted by Gasteiger charge is -2.32. The zero-order chi connectivity index (χ0) is 25.6. The lowest BCUT2D eigenvalue weighted by Crippen LogP contribution is -2.52. The summed E-state index contributed by atoms with van der Waals surface area (Å²) in [4.78, 5) is 32.6. The summed E-state index contributed by atoms with van der Waals surface area (Å²) >= 11 is 0. The number of nitrogens with zero attached hydrogens (tertiary/aromatic N) is 1. The number of carbonyl (C=O) groups is 2. The highest BCUT2D eigenvalue weighted by Crippen LogP contribution is 2.44. The molecule has 1 aliphatic carbocycles. The maximum Gasteiger partial charge on any atom is 0.494 e. The number of carbonyl (C=O) groups excluding carboxylic acids is 2. The van der Waals surface area contributed by atoms with Gasteiger partial charge < -0.3 is 29.7 Å². The molecule has 2 heterocycles. The maximum absolute atomic E-state index is 12.9. The molecule has 2 aromatic rings. The molecule has 1 atom stereocenters. The number of ether oxygens (including phenoxy) is 1. The second-order valence-corrected chi connectivity index (χ2v) is 10.8. The van der Waals surface area contributed by atoms with Crippen molar-refractivity contribution in [3.8, 4) is 11.3 Å². The molecule has 1 aliphatic heterocycles. The number of H-pyrrole nitrogens is 1. The minimum Gasteiger partial charge on any atom is -0.453 e. The Kier molecular flexibility index (Phi) is 6.48. The summed E-state index contributed by atoms with van der Waals surface area (Å²) in [5.74, 6) is 0.351. The van der Waals surface area contributed by atoms with Crippen LogP contribution in [0.3, 0.4) is 0 Å². The lowest BCUT2D eigenvalue weighted by molar-refractivity contribution is -0.125. The van der Waals surface area contributed by atoms with Crippen molar-refractivity contribution in [1.29, 1.82) is 0 Å². The summed E-state index contributed by atoms with van der Waals surface area (Å²) in [6.45, 7) is 11.9. The zero-order valence-electron chi connectivity index (χ0n) is 21.5. The van der Waals surface area contributed by atoms with Crippen LogP contribution in [0.5, 0.6) is 0 Å². The number of aromatic nitrogens is 2. The van der Waals surface area contributed by atoms with E-state index in [1.165, 1.54) is 7.11 Å². The Bertz CT molecular complexity index is 1080. The first kappa shape index (κ1) is 25.3. The number of nitrogens with one attached hydrogen (secondary N) is 3. The van der Waals surface area contributed by atoms with Crippen LogP contribution in [0.1, 0.15) is 60.2 Å². The summed E-state index contributed by atoms with van der Waals surface area (Å²) in [7, 11) is 0.864. The molecular formula is C25H35BN4O5. The third-order valence-electron chi connectivity index (χ3n) is 7.30. The minimum absolute atomic E-state index is 0.0976. The second-order valence-electron chi connectivity index (χ2n) is 10.8. The smallest absolute Gasteiger partial charge is 0.453 e. The molecule has 9 nitrogen and oxygen atoms in total. The molecule has 0 bridgehead atoms. The van der Waals surface area contributed by atoms with Crippen LogP contribution in [-0.4, -0.2) is 53.4 Å². The van der Waals surface area contributed by atoms with Gasteiger partial charge in [-0.1, -0.05) is 38.1 Å². The van der Waals surface area contributed by atoms with E-state index in [0.717, 1.165) is 29.6 Å². The van der Waals surface area contributed by atoms with E-state index >= 15 is 0 Å². The van der Waals surface area contributed by atoms with Crippen LogP contribution < -0.4 is 16.1 Å². The molecule has 2 aliphatic rings. The molecule has 2 amide bonds. The van der Waals surface area contributed by atoms with Crippen molar-refractivity contribution in [2.24, 2.45) is 5.92 Å². The van der Waals surface area contributed by atoms with E-state index in [-0.39, 0.29) is 11.8 Å². The van der Waals surface area contributed by atoms with Crippen molar-refractivity contribution in [3.05, 3.63) is 36.3 Å². The minimum atomic E-state index is -0.697. The van der Waals surface area contributed by atoms with Crippen LogP contribution in [-0.2, 0) is 24.4 Å². The van der Waals surface area contributed by atoms with Crippen LogP contribution in [0.2, 0.25) is 0 Å². The number of alkyl carbamates (subject to hydrolysis) is 1. The number of rotatable bonds is 7. The highest BCUT2D eigenvalue weighted by atomic mass is 16.7. The molecule has 35 heavy (non-hydrogen) atoms. The molecule has 1 unspecified atom stereocenters. The van der Waals surface area contributed by atoms with E-state index in [0.29, 0.717) is 5.82 Å². The first-order chi connectivity index (χ1) is 16.4. The largest absolute Gasteiger partial charge is 0.494 e. The Morgan fingerprint density at radius 1 is 1.09 bits per heavy atom. The Morgan fingerprint density at radius 2 is 1.69 bits per heavy atom. The number of aromatic amines is 1. The first-order valence-corrected chi connectivity index (χ1v) is 12.1. The van der Waals surface area contributed by atoms with E-state index in [9.17, 15) is 9.59 Å². The van der Waals surface area contributed by atoms with Crippen molar-refractivity contribution in [2.75, 3.05) is 7.11 Å². The number of imidazole rings is 1. The van der Waals surface area contributed by atoms with E-state index in [2.05, 4.69) is 25.3 Å². The molecule has 3 N–H and O–H groups in total. The molecular weight excluding hydrogens is 447 g/mol. The Morgan fingerprint density at radius 3 is 2.20 bits per heavy atom. The molecule has 1 aromatic carbocycles. The average molecular weight is 482 g/mol. The molecule has 1 saturated heterocycles. The van der Waals surface area contributed by atoms with E-state index in [1.807, 2.05) is 65.8 Å². The SMILES string of the molecule is COC(=O)NC(C(=O)NC1(c2ncc(-c3ccc(B4OC(C)(C)C(C)(C)O4)cc3)[nH]2)CC1)C(C)C. The van der Waals surface area contributed by atoms with Gasteiger partial charge in [0, 0.05) is 0 Å². The Labute approximate surface area is 206 Å². The second kappa shape index (κ2) is 8.98. The van der Waals surface area contributed by atoms with Gasteiger partial charge in [0.2, 0.25) is 5.91 Å². The van der Waals surface area contributed by atoms with Gasteiger partial charge in [-0.05, 0) is 57.5 Å². The fraction of sp³-hybridized carbons (Fsp3) is 0.560. The van der Waals surface area contributed by atoms with Crippen molar-refractivity contribution in [3.63, 3.8) is 0 Å². The van der Waals surface area contributed by atoms with Crippen LogP contribution in [0.25, 0.3) is 11.3 Å². The Balaban J connectivity index is 1.45. The number of amides is 2. The van der Waals surface area contributed by atoms with Gasteiger partial charge in [-0.25, -0.2) is 9.78 Å². The van der Waals surface area contributed by atoms with E-state index in [4.69, 9.17) is 9.31 Å². The summed E-state index contributed by atoms with van der Waals surface area (Å²) in [6.07, 6.45) is 2.69. The van der Waals surface area contributed by atoms with Gasteiger partial charge in [-0.3, -0.25) is 4.79 Å². The molecule has 1 saturated carbocycles. The monoisotopic (exact) mass is 482 g/mol. The van der Waals surface area contributed by atoms with Crippen LogP contribution in [0.4, 0.5) is 4.79 Å². The van der Waals surface area contributed by atoms with Gasteiger partial charge in [0.05, 0.1) is 35.7 Å². The third-order valence-corrected chi connectivity index (χ3v) is 7.30. The molecule has 0 spiro atoms. The maximum atomic E-state index is 12.9. The van der Waals surface area contributed by atoms with E-state index in [1.54, 1.807) is 6.20 Å². The van der Waals surface area contributed by atoms with Crippen molar-refractivity contribution in [1.82, 2.24) is 20.6 Å². The topological polar surface area (TPSA) is 115 Å². The summed E-state index contributed by atoms with van der Waals surface area (Å²) in [6, 6.07) is 7.31. The predicted molar refractivity (Wildman–Crippen MR) is 133 cm³/mol. The number of methoxy groups -OCH3 is 1. The van der Waals surface area contributed by atoms with Crippen molar-refractivity contribution < 1.29 is 23.6 Å². The highest BCUT2D eigenvalue weighted by Gasteiger charge is 2.52. The van der Waals surface area contributed by atoms with Crippen molar-refractivity contribution >= 4 is 24.6 Å². The molecule has 10 heteroatoms. The zero-order valence-corrected chi connectivity index (χ0v) is 21.5. The number of benzene rings is 1. The summed E-state index contributed by atoms with van der Waals surface area (Å²) < 4.78 is 16.9. The number of hydrogen-bond donors (Lipinski definition) is 3. The molecule has 1 aromatic heterocycles. The van der Waals surface area contributed by atoms with Gasteiger partial charge in [0.25, 0.3) is 0 Å². The van der Waals surface area contributed by atoms with Gasteiger partial charge in [0.1, 0.15) is 11.9 Å². The quantitative estimate of drug-likeness (QED) is 0.523. The Hall–Kier alpha value is -2.85. The fourth-order valence-electron chi connectivity index (χ4n) is 4.09. The third kappa shape index (κ3) is 4.95. The fourth-order valence-corrected chi connectivity index (χ4v) is 4.09. The molecule has 0 radical (unpaired) electrons. The van der Waals surface area contributed by atoms with Crippen LogP contribution in [0, 0.1) is 5.92 Å². The normalized spacial score (nSPS) is 20.4. The molecule has 188 valence electrons. The summed E-state index contributed by atoms with van der Waals surface area (Å²) in [5.41, 5.74) is 1.45. The number of hydrogen-bond acceptors (Lipinski definition) is 6. The van der Waals surface area contributed by atoms with Gasteiger partial charge >= 0.3 is 13.2 Å². The predicted octanol–water partition coefficient (Wildman–Crippen LogP) is 2.86. The highest BCUT2D eigenvalue weighted by molar-refractivity contribution is 6.62. The first-order valence-electron chi connectivity index (χ1n) is 12.1. The van der Waals surface area contributed by atoms with Crippen molar-refractivity contribution in [2.45, 2.75) is 77.2 Å².